The number of carbonyl (C=O) groups is 1. The number of fused-ring (bicyclic) bond motifs is 1. The van der Waals surface area contributed by atoms with Crippen LogP contribution in [0.15, 0.2) is 32.7 Å². The monoisotopic (exact) mass is 494 g/mol. The number of nitrogens with zero attached hydrogens (tertiary/aromatic N) is 3. The van der Waals surface area contributed by atoms with Gasteiger partial charge in [0.2, 0.25) is 15.9 Å². The molecule has 0 bridgehead atoms. The summed E-state index contributed by atoms with van der Waals surface area (Å²) in [7, 11) is -3.81. The van der Waals surface area contributed by atoms with Gasteiger partial charge in [-0.2, -0.15) is 0 Å². The molecule has 0 radical (unpaired) electrons. The number of rotatable bonds is 7. The average Bonchev–Trinajstić information content (AvgIpc) is 3.67. The van der Waals surface area contributed by atoms with Gasteiger partial charge in [0.1, 0.15) is 5.88 Å². The fourth-order valence-corrected chi connectivity index (χ4v) is 6.24. The van der Waals surface area contributed by atoms with Crippen LogP contribution in [0.1, 0.15) is 39.5 Å². The molecule has 3 aliphatic rings. The van der Waals surface area contributed by atoms with Crippen molar-refractivity contribution < 1.29 is 13.2 Å². The van der Waals surface area contributed by atoms with Crippen LogP contribution in [0.25, 0.3) is 10.9 Å². The third kappa shape index (κ3) is 3.91. The summed E-state index contributed by atoms with van der Waals surface area (Å²) in [6.07, 6.45) is 3.56. The molecule has 2 saturated carbocycles. The molecule has 0 atom stereocenters. The Kier molecular flexibility index (Phi) is 5.08. The van der Waals surface area contributed by atoms with Crippen molar-refractivity contribution in [1.82, 2.24) is 18.8 Å². The number of benzene rings is 1. The summed E-state index contributed by atoms with van der Waals surface area (Å²) in [5.41, 5.74) is -1.88. The van der Waals surface area contributed by atoms with E-state index in [2.05, 4.69) is 4.72 Å². The molecule has 1 aliphatic heterocycles. The van der Waals surface area contributed by atoms with Gasteiger partial charge in [-0.25, -0.2) is 17.9 Å². The van der Waals surface area contributed by atoms with Crippen LogP contribution in [-0.4, -0.2) is 52.9 Å². The minimum Gasteiger partial charge on any atom is -0.337 e. The van der Waals surface area contributed by atoms with Crippen LogP contribution in [0.2, 0.25) is 0 Å². The minimum atomic E-state index is -3.81. The molecule has 1 aromatic carbocycles. The molecule has 9 nitrogen and oxygen atoms in total. The Morgan fingerprint density at radius 1 is 1.18 bits per heavy atom. The Bertz CT molecular complexity index is 1380. The number of hydrogen-bond donors (Lipinski definition) is 1. The van der Waals surface area contributed by atoms with Gasteiger partial charge in [0.15, 0.2) is 0 Å². The van der Waals surface area contributed by atoms with Gasteiger partial charge in [-0.15, -0.1) is 11.6 Å². The minimum absolute atomic E-state index is 0.00102. The van der Waals surface area contributed by atoms with Crippen LogP contribution in [0, 0.1) is 5.92 Å². The number of likely N-dealkylation sites (tertiary alicyclic amines) is 1. The highest BCUT2D eigenvalue weighted by Gasteiger charge is 2.45. The predicted molar refractivity (Wildman–Crippen MR) is 124 cm³/mol. The van der Waals surface area contributed by atoms with Crippen molar-refractivity contribution in [3.63, 3.8) is 0 Å². The van der Waals surface area contributed by atoms with Crippen LogP contribution in [-0.2, 0) is 26.9 Å². The molecule has 33 heavy (non-hydrogen) atoms. The van der Waals surface area contributed by atoms with E-state index in [1.54, 1.807) is 17.6 Å². The largest absolute Gasteiger partial charge is 0.337 e. The zero-order valence-corrected chi connectivity index (χ0v) is 20.2. The Morgan fingerprint density at radius 2 is 1.85 bits per heavy atom. The lowest BCUT2D eigenvalue weighted by Crippen LogP contribution is -2.68. The number of aromatic nitrogens is 2. The maximum Gasteiger partial charge on any atom is 0.332 e. The molecule has 2 aromatic rings. The topological polar surface area (TPSA) is 110 Å². The molecule has 1 aromatic heterocycles. The van der Waals surface area contributed by atoms with Crippen molar-refractivity contribution in [2.75, 3.05) is 19.0 Å². The first-order valence-corrected chi connectivity index (χ1v) is 13.2. The van der Waals surface area contributed by atoms with E-state index in [4.69, 9.17) is 11.6 Å². The van der Waals surface area contributed by atoms with E-state index < -0.39 is 32.4 Å². The van der Waals surface area contributed by atoms with E-state index in [1.807, 2.05) is 6.92 Å². The van der Waals surface area contributed by atoms with Crippen molar-refractivity contribution >= 4 is 38.4 Å². The van der Waals surface area contributed by atoms with Crippen molar-refractivity contribution in [2.24, 2.45) is 5.92 Å². The average molecular weight is 495 g/mol. The molecule has 2 aliphatic carbocycles. The second-order valence-electron chi connectivity index (χ2n) is 10.2. The SMILES string of the molecule is CC1(NS(=O)(=O)c2ccc3c(c2)c(=O)n(C2(C)CN(C(=O)CCl)C2)c(=O)n3CC2CC2)CC1. The Labute approximate surface area is 196 Å². The highest BCUT2D eigenvalue weighted by atomic mass is 35.5. The van der Waals surface area contributed by atoms with Crippen LogP contribution >= 0.6 is 11.6 Å². The molecule has 11 heteroatoms. The van der Waals surface area contributed by atoms with Gasteiger partial charge in [-0.3, -0.25) is 18.7 Å². The van der Waals surface area contributed by atoms with Gasteiger partial charge in [-0.05, 0) is 63.6 Å². The Hall–Kier alpha value is -2.17. The van der Waals surface area contributed by atoms with E-state index in [0.717, 1.165) is 25.7 Å². The summed E-state index contributed by atoms with van der Waals surface area (Å²) >= 11 is 5.65. The Morgan fingerprint density at radius 3 is 2.42 bits per heavy atom. The first-order chi connectivity index (χ1) is 15.5. The lowest BCUT2D eigenvalue weighted by molar-refractivity contribution is -0.138. The van der Waals surface area contributed by atoms with Gasteiger partial charge in [0.05, 0.1) is 21.3 Å². The van der Waals surface area contributed by atoms with E-state index in [-0.39, 0.29) is 35.2 Å². The Balaban J connectivity index is 1.65. The normalized spacial score (nSPS) is 21.1. The maximum atomic E-state index is 13.6. The van der Waals surface area contributed by atoms with Crippen molar-refractivity contribution in [3.8, 4) is 0 Å². The number of alkyl halides is 1. The predicted octanol–water partition coefficient (Wildman–Crippen LogP) is 1.20. The van der Waals surface area contributed by atoms with E-state index >= 15 is 0 Å². The third-order valence-electron chi connectivity index (χ3n) is 7.01. The number of carbonyl (C=O) groups excluding carboxylic acids is 1. The smallest absolute Gasteiger partial charge is 0.332 e. The molecule has 0 spiro atoms. The van der Waals surface area contributed by atoms with Crippen molar-refractivity contribution in [3.05, 3.63) is 39.0 Å². The van der Waals surface area contributed by atoms with Gasteiger partial charge in [-0.1, -0.05) is 0 Å². The van der Waals surface area contributed by atoms with Crippen LogP contribution in [0.5, 0.6) is 0 Å². The van der Waals surface area contributed by atoms with Crippen LogP contribution in [0.3, 0.4) is 0 Å². The second kappa shape index (κ2) is 7.41. The van der Waals surface area contributed by atoms with E-state index in [1.165, 1.54) is 21.6 Å². The quantitative estimate of drug-likeness (QED) is 0.581. The lowest BCUT2D eigenvalue weighted by Gasteiger charge is -2.48. The second-order valence-corrected chi connectivity index (χ2v) is 12.2. The summed E-state index contributed by atoms with van der Waals surface area (Å²) in [4.78, 5) is 40.5. The molecule has 178 valence electrons. The van der Waals surface area contributed by atoms with Crippen molar-refractivity contribution in [2.45, 2.75) is 62.0 Å². The molecular weight excluding hydrogens is 468 g/mol. The molecule has 3 fully saturated rings. The van der Waals surface area contributed by atoms with E-state index in [9.17, 15) is 22.8 Å². The fraction of sp³-hybridized carbons (Fsp3) is 0.591. The summed E-state index contributed by atoms with van der Waals surface area (Å²) in [6.45, 7) is 4.47. The maximum absolute atomic E-state index is 13.6. The summed E-state index contributed by atoms with van der Waals surface area (Å²) < 4.78 is 31.4. The van der Waals surface area contributed by atoms with Gasteiger partial charge < -0.3 is 4.90 Å². The number of nitrogens with one attached hydrogen (secondary N) is 1. The van der Waals surface area contributed by atoms with Crippen molar-refractivity contribution in [1.29, 1.82) is 0 Å². The number of hydrogen-bond acceptors (Lipinski definition) is 5. The van der Waals surface area contributed by atoms with Crippen LogP contribution in [0.4, 0.5) is 0 Å². The summed E-state index contributed by atoms with van der Waals surface area (Å²) in [5, 5.41) is 0.183. The zero-order chi connectivity index (χ0) is 23.8. The molecule has 1 amide bonds. The first-order valence-electron chi connectivity index (χ1n) is 11.1. The zero-order valence-electron chi connectivity index (χ0n) is 18.6. The highest BCUT2D eigenvalue weighted by Crippen LogP contribution is 2.36. The number of amides is 1. The highest BCUT2D eigenvalue weighted by molar-refractivity contribution is 7.89. The van der Waals surface area contributed by atoms with Gasteiger partial charge >= 0.3 is 5.69 Å². The van der Waals surface area contributed by atoms with Gasteiger partial charge in [0, 0.05) is 25.2 Å². The molecule has 1 N–H and O–H groups in total. The molecule has 0 unspecified atom stereocenters. The molecule has 2 heterocycles. The molecule has 5 rings (SSSR count). The number of sulfonamides is 1. The summed E-state index contributed by atoms with van der Waals surface area (Å²) in [6, 6.07) is 4.38. The third-order valence-corrected chi connectivity index (χ3v) is 8.88. The number of halogens is 1. The van der Waals surface area contributed by atoms with Gasteiger partial charge in [0.25, 0.3) is 5.56 Å². The van der Waals surface area contributed by atoms with Crippen LogP contribution < -0.4 is 16.0 Å². The fourth-order valence-electron chi connectivity index (χ4n) is 4.58. The van der Waals surface area contributed by atoms with E-state index in [0.29, 0.717) is 18.0 Å². The first kappa shape index (κ1) is 22.6. The molecular formula is C22H27ClN4O5S. The standard InChI is InChI=1S/C22H27ClN4O5S/c1-21(7-8-21)24-33(31,32)15-5-6-17-16(9-15)19(29)27(20(30)26(17)11-14-3-4-14)22(2)12-25(13-22)18(28)10-23/h5-6,9,14,24H,3-4,7-8,10-13H2,1-2H3. The summed E-state index contributed by atoms with van der Waals surface area (Å²) in [5.74, 6) is -0.0588. The lowest BCUT2D eigenvalue weighted by atomic mass is 9.91. The molecule has 1 saturated heterocycles.